The zero-order chi connectivity index (χ0) is 24.6. The van der Waals surface area contributed by atoms with E-state index in [1.54, 1.807) is 6.20 Å². The quantitative estimate of drug-likeness (QED) is 0.483. The summed E-state index contributed by atoms with van der Waals surface area (Å²) < 4.78 is 0. The molecule has 2 aromatic heterocycles. The summed E-state index contributed by atoms with van der Waals surface area (Å²) in [6.45, 7) is 12.1. The third kappa shape index (κ3) is 5.40. The molecular formula is C28H37N7. The standard InChI is InChI=1S/C28H37N7/c1-19-14-21(7-8-25(19)35-18-22-15-23(35)17-34(22)5)32-27-30-12-10-24(33-27)20-6-9-26(31-16-20)29-13-11-28(2,3)4/h6-10,12,14,16,22-23H,11,13,15,17-18H2,1-5H3,(H,29,31)(H,30,32,33). The van der Waals surface area contributed by atoms with Crippen LogP contribution in [-0.2, 0) is 0 Å². The number of piperazine rings is 1. The lowest BCUT2D eigenvalue weighted by Crippen LogP contribution is -2.44. The second kappa shape index (κ2) is 9.46. The van der Waals surface area contributed by atoms with Crippen molar-refractivity contribution < 1.29 is 0 Å². The molecule has 7 heteroatoms. The Kier molecular flexibility index (Phi) is 6.36. The third-order valence-electron chi connectivity index (χ3n) is 7.17. The third-order valence-corrected chi connectivity index (χ3v) is 7.17. The van der Waals surface area contributed by atoms with Crippen molar-refractivity contribution in [3.63, 3.8) is 0 Å². The largest absolute Gasteiger partial charge is 0.370 e. The minimum absolute atomic E-state index is 0.307. The van der Waals surface area contributed by atoms with Gasteiger partial charge in [0.2, 0.25) is 5.95 Å². The van der Waals surface area contributed by atoms with Crippen LogP contribution in [0.1, 0.15) is 39.2 Å². The fraction of sp³-hybridized carbons (Fsp3) is 0.464. The van der Waals surface area contributed by atoms with Crippen molar-refractivity contribution in [3.05, 3.63) is 54.4 Å². The molecule has 2 fully saturated rings. The molecule has 2 bridgehead atoms. The molecule has 0 amide bonds. The topological polar surface area (TPSA) is 69.2 Å². The Morgan fingerprint density at radius 2 is 1.89 bits per heavy atom. The molecule has 184 valence electrons. The van der Waals surface area contributed by atoms with Gasteiger partial charge in [0.25, 0.3) is 0 Å². The van der Waals surface area contributed by atoms with E-state index in [4.69, 9.17) is 4.98 Å². The Hall–Kier alpha value is -3.19. The maximum Gasteiger partial charge on any atom is 0.227 e. The average molecular weight is 472 g/mol. The van der Waals surface area contributed by atoms with Crippen LogP contribution in [0.2, 0.25) is 0 Å². The van der Waals surface area contributed by atoms with Gasteiger partial charge in [-0.2, -0.15) is 0 Å². The highest BCUT2D eigenvalue weighted by Gasteiger charge is 2.41. The second-order valence-corrected chi connectivity index (χ2v) is 11.2. The molecule has 35 heavy (non-hydrogen) atoms. The maximum atomic E-state index is 4.73. The molecule has 1 aromatic carbocycles. The predicted molar refractivity (Wildman–Crippen MR) is 144 cm³/mol. The number of pyridine rings is 1. The van der Waals surface area contributed by atoms with Crippen molar-refractivity contribution in [2.24, 2.45) is 5.41 Å². The summed E-state index contributed by atoms with van der Waals surface area (Å²) in [6.07, 6.45) is 6.03. The number of likely N-dealkylation sites (tertiary alicyclic amines) is 1. The number of rotatable bonds is 7. The van der Waals surface area contributed by atoms with Gasteiger partial charge < -0.3 is 15.5 Å². The van der Waals surface area contributed by atoms with Crippen molar-refractivity contribution in [1.82, 2.24) is 19.9 Å². The number of benzene rings is 1. The van der Waals surface area contributed by atoms with Gasteiger partial charge in [-0.1, -0.05) is 20.8 Å². The number of nitrogens with one attached hydrogen (secondary N) is 2. The number of hydrogen-bond acceptors (Lipinski definition) is 7. The first-order valence-electron chi connectivity index (χ1n) is 12.6. The smallest absolute Gasteiger partial charge is 0.227 e. The van der Waals surface area contributed by atoms with E-state index in [2.05, 4.69) is 89.4 Å². The van der Waals surface area contributed by atoms with Crippen molar-refractivity contribution in [1.29, 1.82) is 0 Å². The van der Waals surface area contributed by atoms with E-state index in [9.17, 15) is 0 Å². The van der Waals surface area contributed by atoms with Crippen LogP contribution in [0.4, 0.5) is 23.1 Å². The van der Waals surface area contributed by atoms with Gasteiger partial charge in [-0.3, -0.25) is 4.90 Å². The van der Waals surface area contributed by atoms with Gasteiger partial charge in [0.05, 0.1) is 5.69 Å². The van der Waals surface area contributed by atoms with E-state index in [-0.39, 0.29) is 0 Å². The van der Waals surface area contributed by atoms with Gasteiger partial charge >= 0.3 is 0 Å². The first kappa shape index (κ1) is 23.5. The predicted octanol–water partition coefficient (Wildman–Crippen LogP) is 5.33. The molecule has 7 nitrogen and oxygen atoms in total. The first-order chi connectivity index (χ1) is 16.7. The van der Waals surface area contributed by atoms with Crippen molar-refractivity contribution in [2.75, 3.05) is 42.2 Å². The average Bonchev–Trinajstić information content (AvgIpc) is 3.39. The van der Waals surface area contributed by atoms with E-state index in [0.717, 1.165) is 48.8 Å². The molecule has 0 spiro atoms. The highest BCUT2D eigenvalue weighted by atomic mass is 15.3. The summed E-state index contributed by atoms with van der Waals surface area (Å²) in [6, 6.07) is 13.9. The number of fused-ring (bicyclic) bond motifs is 2. The van der Waals surface area contributed by atoms with Gasteiger partial charge in [-0.25, -0.2) is 15.0 Å². The van der Waals surface area contributed by atoms with Crippen LogP contribution in [0, 0.1) is 12.3 Å². The molecule has 0 radical (unpaired) electrons. The lowest BCUT2D eigenvalue weighted by atomic mass is 9.92. The summed E-state index contributed by atoms with van der Waals surface area (Å²) in [5.41, 5.74) is 5.75. The van der Waals surface area contributed by atoms with Gasteiger partial charge in [-0.05, 0) is 74.2 Å². The number of aromatic nitrogens is 3. The Balaban J connectivity index is 1.24. The van der Waals surface area contributed by atoms with E-state index < -0.39 is 0 Å². The van der Waals surface area contributed by atoms with Crippen molar-refractivity contribution >= 4 is 23.1 Å². The Labute approximate surface area is 209 Å². The summed E-state index contributed by atoms with van der Waals surface area (Å²) in [5, 5.41) is 6.79. The van der Waals surface area contributed by atoms with Crippen LogP contribution in [0.15, 0.2) is 48.8 Å². The number of nitrogens with zero attached hydrogens (tertiary/aromatic N) is 5. The van der Waals surface area contributed by atoms with Crippen LogP contribution in [0.25, 0.3) is 11.3 Å². The monoisotopic (exact) mass is 471 g/mol. The van der Waals surface area contributed by atoms with Gasteiger partial charge in [0, 0.05) is 61.0 Å². The first-order valence-corrected chi connectivity index (χ1v) is 12.6. The second-order valence-electron chi connectivity index (χ2n) is 11.2. The highest BCUT2D eigenvalue weighted by Crippen LogP contribution is 2.36. The van der Waals surface area contributed by atoms with Gasteiger partial charge in [0.15, 0.2) is 0 Å². The summed E-state index contributed by atoms with van der Waals surface area (Å²) in [7, 11) is 2.24. The Morgan fingerprint density at radius 3 is 2.54 bits per heavy atom. The zero-order valence-electron chi connectivity index (χ0n) is 21.5. The van der Waals surface area contributed by atoms with E-state index in [1.807, 2.05) is 18.3 Å². The molecule has 0 aliphatic carbocycles. The molecule has 2 atom stereocenters. The van der Waals surface area contributed by atoms with Crippen molar-refractivity contribution in [2.45, 2.75) is 52.6 Å². The number of hydrogen-bond donors (Lipinski definition) is 2. The number of anilines is 4. The van der Waals surface area contributed by atoms with Crippen LogP contribution in [-0.4, -0.2) is 58.6 Å². The fourth-order valence-corrected chi connectivity index (χ4v) is 5.14. The SMILES string of the molecule is Cc1cc(Nc2nccc(-c3ccc(NCCC(C)(C)C)nc3)n2)ccc1N1CC2CC1CN2C. The maximum absolute atomic E-state index is 4.73. The van der Waals surface area contributed by atoms with E-state index >= 15 is 0 Å². The molecule has 2 N–H and O–H groups in total. The molecule has 4 heterocycles. The Morgan fingerprint density at radius 1 is 1.03 bits per heavy atom. The minimum Gasteiger partial charge on any atom is -0.370 e. The summed E-state index contributed by atoms with van der Waals surface area (Å²) in [4.78, 5) is 18.8. The molecule has 2 saturated heterocycles. The molecule has 2 aliphatic heterocycles. The fourth-order valence-electron chi connectivity index (χ4n) is 5.14. The van der Waals surface area contributed by atoms with Crippen LogP contribution >= 0.6 is 0 Å². The minimum atomic E-state index is 0.307. The number of aryl methyl sites for hydroxylation is 1. The zero-order valence-corrected chi connectivity index (χ0v) is 21.5. The van der Waals surface area contributed by atoms with Gasteiger partial charge in [-0.15, -0.1) is 0 Å². The van der Waals surface area contributed by atoms with Crippen molar-refractivity contribution in [3.8, 4) is 11.3 Å². The lowest BCUT2D eigenvalue weighted by Gasteiger charge is -2.34. The highest BCUT2D eigenvalue weighted by molar-refractivity contribution is 5.66. The normalized spacial score (nSPS) is 19.9. The summed E-state index contributed by atoms with van der Waals surface area (Å²) in [5.74, 6) is 1.47. The molecule has 5 rings (SSSR count). The van der Waals surface area contributed by atoms with E-state index in [0.29, 0.717) is 23.4 Å². The van der Waals surface area contributed by atoms with Crippen LogP contribution in [0.3, 0.4) is 0 Å². The van der Waals surface area contributed by atoms with E-state index in [1.165, 1.54) is 17.7 Å². The molecule has 3 aromatic rings. The molecule has 2 aliphatic rings. The lowest BCUT2D eigenvalue weighted by molar-refractivity contribution is 0.292. The molecule has 2 unspecified atom stereocenters. The Bertz CT molecular complexity index is 1170. The van der Waals surface area contributed by atoms with Gasteiger partial charge in [0.1, 0.15) is 5.82 Å². The molecule has 0 saturated carbocycles. The van der Waals surface area contributed by atoms with Crippen LogP contribution in [0.5, 0.6) is 0 Å². The summed E-state index contributed by atoms with van der Waals surface area (Å²) >= 11 is 0. The molecular weight excluding hydrogens is 434 g/mol. The van der Waals surface area contributed by atoms with Crippen LogP contribution < -0.4 is 15.5 Å². The number of likely N-dealkylation sites (N-methyl/N-ethyl adjacent to an activating group) is 1.